The van der Waals surface area contributed by atoms with Crippen LogP contribution in [-0.4, -0.2) is 16.2 Å². The molecule has 14 heavy (non-hydrogen) atoms. The number of carbonyl (C=O) groups is 1. The lowest BCUT2D eigenvalue weighted by atomic mass is 10.2. The Labute approximate surface area is 91.9 Å². The topological polar surface area (TPSA) is 57.5 Å². The number of hydrogen-bond donors (Lipinski definition) is 2. The van der Waals surface area contributed by atoms with Crippen LogP contribution in [0.15, 0.2) is 18.2 Å². The molecule has 0 saturated heterocycles. The van der Waals surface area contributed by atoms with Crippen molar-refractivity contribution in [3.8, 4) is 5.75 Å². The Morgan fingerprint density at radius 3 is 2.36 bits per heavy atom. The Hall–Kier alpha value is -0.930. The highest BCUT2D eigenvalue weighted by Crippen LogP contribution is 2.23. The number of carboxylic acid groups (broad SMARTS) is 1. The zero-order valence-electron chi connectivity index (χ0n) is 7.50. The molecule has 0 fully saturated rings. The summed E-state index contributed by atoms with van der Waals surface area (Å²) >= 11 is 11.1. The quantitative estimate of drug-likeness (QED) is 0.738. The molecule has 0 bridgehead atoms. The van der Waals surface area contributed by atoms with Crippen LogP contribution in [0.2, 0.25) is 5.02 Å². The van der Waals surface area contributed by atoms with Crippen LogP contribution in [-0.2, 0) is 10.7 Å². The minimum absolute atomic E-state index is 0.0931. The van der Waals surface area contributed by atoms with Gasteiger partial charge in [-0.15, -0.1) is 11.6 Å². The van der Waals surface area contributed by atoms with Crippen molar-refractivity contribution in [2.45, 2.75) is 12.8 Å². The van der Waals surface area contributed by atoms with Gasteiger partial charge in [-0.2, -0.15) is 0 Å². The summed E-state index contributed by atoms with van der Waals surface area (Å²) in [6.45, 7) is 1.08. The third-order valence-corrected chi connectivity index (χ3v) is 1.78. The van der Waals surface area contributed by atoms with Gasteiger partial charge >= 0.3 is 0 Å². The molecule has 5 heteroatoms. The maximum atomic E-state index is 9.00. The van der Waals surface area contributed by atoms with Gasteiger partial charge in [0.15, 0.2) is 0 Å². The number of aliphatic carboxylic acids is 1. The Bertz CT molecular complexity index is 309. The number of phenolic OH excluding ortho intramolecular Hbond substituents is 1. The first-order valence-electron chi connectivity index (χ1n) is 3.70. The number of benzene rings is 1. The maximum Gasteiger partial charge on any atom is 0.300 e. The molecule has 0 unspecified atom stereocenters. The molecule has 0 aromatic heterocycles. The molecule has 0 saturated carbocycles. The average Bonchev–Trinajstić information content (AvgIpc) is 2.09. The fourth-order valence-electron chi connectivity index (χ4n) is 0.634. The summed E-state index contributed by atoms with van der Waals surface area (Å²) in [5, 5.41) is 16.7. The molecule has 0 radical (unpaired) electrons. The monoisotopic (exact) mass is 236 g/mol. The second-order valence-electron chi connectivity index (χ2n) is 2.44. The van der Waals surface area contributed by atoms with E-state index < -0.39 is 5.97 Å². The SMILES string of the molecule is CC(=O)O.Oc1ccc(CCl)cc1Cl. The number of rotatable bonds is 1. The molecular formula is C9H10Cl2O3. The number of aromatic hydroxyl groups is 1. The lowest BCUT2D eigenvalue weighted by molar-refractivity contribution is -0.134. The summed E-state index contributed by atoms with van der Waals surface area (Å²) in [7, 11) is 0. The van der Waals surface area contributed by atoms with Crippen LogP contribution in [0.5, 0.6) is 5.75 Å². The van der Waals surface area contributed by atoms with Crippen LogP contribution >= 0.6 is 23.2 Å². The normalized spacial score (nSPS) is 8.79. The fraction of sp³-hybridized carbons (Fsp3) is 0.222. The van der Waals surface area contributed by atoms with Crippen molar-refractivity contribution in [3.63, 3.8) is 0 Å². The third-order valence-electron chi connectivity index (χ3n) is 1.17. The highest BCUT2D eigenvalue weighted by molar-refractivity contribution is 6.32. The number of alkyl halides is 1. The van der Waals surface area contributed by atoms with E-state index in [1.165, 1.54) is 6.07 Å². The van der Waals surface area contributed by atoms with Crippen molar-refractivity contribution in [1.82, 2.24) is 0 Å². The van der Waals surface area contributed by atoms with Crippen LogP contribution < -0.4 is 0 Å². The maximum absolute atomic E-state index is 9.00. The van der Waals surface area contributed by atoms with Gasteiger partial charge in [-0.25, -0.2) is 0 Å². The lowest BCUT2D eigenvalue weighted by Gasteiger charge is -1.97. The molecule has 0 aliphatic heterocycles. The van der Waals surface area contributed by atoms with Gasteiger partial charge in [0.1, 0.15) is 5.75 Å². The van der Waals surface area contributed by atoms with Gasteiger partial charge in [0.2, 0.25) is 0 Å². The predicted octanol–water partition coefficient (Wildman–Crippen LogP) is 2.88. The molecule has 2 N–H and O–H groups in total. The molecule has 78 valence electrons. The van der Waals surface area contributed by atoms with Crippen LogP contribution in [0, 0.1) is 0 Å². The molecular weight excluding hydrogens is 227 g/mol. The summed E-state index contributed by atoms with van der Waals surface area (Å²) in [5.74, 6) is -0.324. The van der Waals surface area contributed by atoms with Gasteiger partial charge in [0.05, 0.1) is 5.02 Å². The number of phenols is 1. The Morgan fingerprint density at radius 1 is 1.50 bits per heavy atom. The highest BCUT2D eigenvalue weighted by Gasteiger charge is 1.97. The van der Waals surface area contributed by atoms with E-state index >= 15 is 0 Å². The molecule has 0 atom stereocenters. The zero-order valence-corrected chi connectivity index (χ0v) is 9.01. The van der Waals surface area contributed by atoms with E-state index in [1.54, 1.807) is 12.1 Å². The molecule has 3 nitrogen and oxygen atoms in total. The van der Waals surface area contributed by atoms with Crippen LogP contribution in [0.25, 0.3) is 0 Å². The first kappa shape index (κ1) is 13.1. The Morgan fingerprint density at radius 2 is 2.00 bits per heavy atom. The van der Waals surface area contributed by atoms with Gasteiger partial charge < -0.3 is 10.2 Å². The lowest BCUT2D eigenvalue weighted by Crippen LogP contribution is -1.78. The highest BCUT2D eigenvalue weighted by atomic mass is 35.5. The molecule has 0 heterocycles. The molecule has 0 amide bonds. The molecule has 1 aromatic rings. The zero-order chi connectivity index (χ0) is 11.1. The Balaban J connectivity index is 0.000000364. The van der Waals surface area contributed by atoms with Crippen molar-refractivity contribution in [1.29, 1.82) is 0 Å². The van der Waals surface area contributed by atoms with Gasteiger partial charge in [-0.3, -0.25) is 4.79 Å². The van der Waals surface area contributed by atoms with E-state index in [0.717, 1.165) is 12.5 Å². The van der Waals surface area contributed by atoms with Gasteiger partial charge in [0.25, 0.3) is 5.97 Å². The smallest absolute Gasteiger partial charge is 0.300 e. The number of carboxylic acids is 1. The summed E-state index contributed by atoms with van der Waals surface area (Å²) in [4.78, 5) is 9.00. The molecule has 0 aliphatic carbocycles. The van der Waals surface area contributed by atoms with E-state index in [-0.39, 0.29) is 5.75 Å². The molecule has 0 spiro atoms. The van der Waals surface area contributed by atoms with Crippen molar-refractivity contribution in [2.24, 2.45) is 0 Å². The molecule has 1 aromatic carbocycles. The largest absolute Gasteiger partial charge is 0.506 e. The summed E-state index contributed by atoms with van der Waals surface area (Å²) in [6.07, 6.45) is 0. The van der Waals surface area contributed by atoms with Crippen molar-refractivity contribution >= 4 is 29.2 Å². The minimum Gasteiger partial charge on any atom is -0.506 e. The van der Waals surface area contributed by atoms with Crippen molar-refractivity contribution in [3.05, 3.63) is 28.8 Å². The van der Waals surface area contributed by atoms with Crippen LogP contribution in [0.3, 0.4) is 0 Å². The average molecular weight is 237 g/mol. The Kier molecular flexibility index (Phi) is 6.08. The van der Waals surface area contributed by atoms with Gasteiger partial charge in [-0.1, -0.05) is 17.7 Å². The number of hydrogen-bond acceptors (Lipinski definition) is 2. The van der Waals surface area contributed by atoms with Crippen molar-refractivity contribution in [2.75, 3.05) is 0 Å². The summed E-state index contributed by atoms with van der Waals surface area (Å²) in [6, 6.07) is 4.90. The second kappa shape index (κ2) is 6.51. The predicted molar refractivity (Wildman–Crippen MR) is 56.0 cm³/mol. The molecule has 1 rings (SSSR count). The van der Waals surface area contributed by atoms with E-state index in [0.29, 0.717) is 10.9 Å². The molecule has 0 aliphatic rings. The van der Waals surface area contributed by atoms with Crippen LogP contribution in [0.4, 0.5) is 0 Å². The van der Waals surface area contributed by atoms with Crippen LogP contribution in [0.1, 0.15) is 12.5 Å². The summed E-state index contributed by atoms with van der Waals surface area (Å²) in [5.41, 5.74) is 0.907. The van der Waals surface area contributed by atoms with Crippen molar-refractivity contribution < 1.29 is 15.0 Å². The minimum atomic E-state index is -0.833. The standard InChI is InChI=1S/C7H6Cl2O.C2H4O2/c8-4-5-1-2-7(10)6(9)3-5;1-2(3)4/h1-3,10H,4H2;1H3,(H,3,4). The van der Waals surface area contributed by atoms with E-state index in [4.69, 9.17) is 38.2 Å². The first-order chi connectivity index (χ1) is 6.47. The van der Waals surface area contributed by atoms with Gasteiger partial charge in [-0.05, 0) is 17.7 Å². The van der Waals surface area contributed by atoms with Gasteiger partial charge in [0, 0.05) is 12.8 Å². The van der Waals surface area contributed by atoms with E-state index in [9.17, 15) is 0 Å². The van der Waals surface area contributed by atoms with E-state index in [2.05, 4.69) is 0 Å². The third kappa shape index (κ3) is 5.67. The second-order valence-corrected chi connectivity index (χ2v) is 3.11. The first-order valence-corrected chi connectivity index (χ1v) is 4.61. The summed E-state index contributed by atoms with van der Waals surface area (Å²) < 4.78 is 0. The fourth-order valence-corrected chi connectivity index (χ4v) is 1.00. The number of halogens is 2. The van der Waals surface area contributed by atoms with E-state index in [1.807, 2.05) is 0 Å².